The summed E-state index contributed by atoms with van der Waals surface area (Å²) in [5.74, 6) is -0.107. The van der Waals surface area contributed by atoms with Crippen LogP contribution in [0, 0.1) is 0 Å². The lowest BCUT2D eigenvalue weighted by Crippen LogP contribution is -2.40. The first kappa shape index (κ1) is 14.3. The van der Waals surface area contributed by atoms with Gasteiger partial charge in [-0.25, -0.2) is 4.79 Å². The van der Waals surface area contributed by atoms with Gasteiger partial charge in [-0.05, 0) is 37.6 Å². The van der Waals surface area contributed by atoms with E-state index < -0.39 is 18.2 Å². The van der Waals surface area contributed by atoms with Gasteiger partial charge >= 0.3 is 5.97 Å². The van der Waals surface area contributed by atoms with Gasteiger partial charge in [0.1, 0.15) is 17.6 Å². The van der Waals surface area contributed by atoms with Crippen molar-refractivity contribution < 1.29 is 24.5 Å². The molecule has 1 rings (SSSR count). The van der Waals surface area contributed by atoms with Crippen molar-refractivity contribution in [1.82, 2.24) is 0 Å². The Kier molecular flexibility index (Phi) is 5.45. The van der Waals surface area contributed by atoms with E-state index in [0.29, 0.717) is 12.2 Å². The van der Waals surface area contributed by atoms with Gasteiger partial charge in [0.15, 0.2) is 0 Å². The van der Waals surface area contributed by atoms with E-state index in [9.17, 15) is 9.90 Å². The van der Waals surface area contributed by atoms with Crippen molar-refractivity contribution in [3.05, 3.63) is 24.3 Å². The fourth-order valence-corrected chi connectivity index (χ4v) is 1.39. The average molecular weight is 254 g/mol. The van der Waals surface area contributed by atoms with E-state index in [-0.39, 0.29) is 12.4 Å². The van der Waals surface area contributed by atoms with Crippen molar-refractivity contribution in [3.63, 3.8) is 0 Å². The molecular weight excluding hydrogens is 236 g/mol. The summed E-state index contributed by atoms with van der Waals surface area (Å²) in [7, 11) is 0. The Morgan fingerprint density at radius 1 is 1.28 bits per heavy atom. The molecule has 1 aromatic carbocycles. The number of carbonyl (C=O) groups excluding carboxylic acids is 1. The molecule has 0 aliphatic heterocycles. The maximum atomic E-state index is 11.7. The maximum absolute atomic E-state index is 11.7. The lowest BCUT2D eigenvalue weighted by atomic mass is 10.1. The van der Waals surface area contributed by atoms with Crippen LogP contribution in [-0.4, -0.2) is 35.0 Å². The molecule has 0 aromatic heterocycles. The van der Waals surface area contributed by atoms with E-state index in [1.54, 1.807) is 13.8 Å². The number of rotatable bonds is 6. The largest absolute Gasteiger partial charge is 0.508 e. The Morgan fingerprint density at radius 2 is 1.89 bits per heavy atom. The molecule has 5 nitrogen and oxygen atoms in total. The molecule has 18 heavy (non-hydrogen) atoms. The minimum atomic E-state index is -1.06. The number of phenols is 1. The number of hydrogen-bond donors (Lipinski definition) is 2. The molecule has 5 heteroatoms. The molecule has 2 unspecified atom stereocenters. The van der Waals surface area contributed by atoms with Crippen LogP contribution in [0.4, 0.5) is 0 Å². The van der Waals surface area contributed by atoms with E-state index in [1.807, 2.05) is 0 Å². The number of carbonyl (C=O) groups is 1. The first-order valence-electron chi connectivity index (χ1n) is 5.88. The number of ether oxygens (including phenoxy) is 2. The predicted molar refractivity (Wildman–Crippen MR) is 65.5 cm³/mol. The molecule has 0 aliphatic carbocycles. The van der Waals surface area contributed by atoms with Gasteiger partial charge in [-0.3, -0.25) is 0 Å². The minimum absolute atomic E-state index is 0.103. The molecule has 2 N–H and O–H groups in total. The summed E-state index contributed by atoms with van der Waals surface area (Å²) >= 11 is 0. The van der Waals surface area contributed by atoms with Gasteiger partial charge in [0, 0.05) is 0 Å². The first-order chi connectivity index (χ1) is 8.58. The van der Waals surface area contributed by atoms with Crippen LogP contribution < -0.4 is 4.74 Å². The minimum Gasteiger partial charge on any atom is -0.508 e. The summed E-state index contributed by atoms with van der Waals surface area (Å²) in [6.45, 7) is 3.66. The number of aromatic hydroxyl groups is 1. The molecule has 100 valence electrons. The van der Waals surface area contributed by atoms with Crippen molar-refractivity contribution in [1.29, 1.82) is 0 Å². The maximum Gasteiger partial charge on any atom is 0.350 e. The van der Waals surface area contributed by atoms with Gasteiger partial charge in [-0.1, -0.05) is 6.92 Å². The molecule has 0 bridgehead atoms. The Labute approximate surface area is 106 Å². The monoisotopic (exact) mass is 254 g/mol. The SMILES string of the molecule is CCOC(=O)C(Oc1ccc(O)cc1)C(O)CC. The fraction of sp³-hybridized carbons (Fsp3) is 0.462. The average Bonchev–Trinajstić information content (AvgIpc) is 2.37. The van der Waals surface area contributed by atoms with Crippen LogP contribution in [-0.2, 0) is 9.53 Å². The van der Waals surface area contributed by atoms with Crippen LogP contribution in [0.2, 0.25) is 0 Å². The third kappa shape index (κ3) is 3.92. The van der Waals surface area contributed by atoms with E-state index >= 15 is 0 Å². The quantitative estimate of drug-likeness (QED) is 0.752. The zero-order valence-corrected chi connectivity index (χ0v) is 10.5. The van der Waals surface area contributed by atoms with Crippen molar-refractivity contribution >= 4 is 5.97 Å². The van der Waals surface area contributed by atoms with Crippen LogP contribution in [0.3, 0.4) is 0 Å². The van der Waals surface area contributed by atoms with Crippen LogP contribution in [0.25, 0.3) is 0 Å². The van der Waals surface area contributed by atoms with Gasteiger partial charge in [0.05, 0.1) is 6.61 Å². The van der Waals surface area contributed by atoms with Crippen molar-refractivity contribution in [2.45, 2.75) is 32.5 Å². The van der Waals surface area contributed by atoms with Gasteiger partial charge in [-0.2, -0.15) is 0 Å². The second kappa shape index (κ2) is 6.86. The summed E-state index contributed by atoms with van der Waals surface area (Å²) in [5, 5.41) is 18.9. The standard InChI is InChI=1S/C13H18O5/c1-3-11(15)12(13(16)17-4-2)18-10-7-5-9(14)6-8-10/h5-8,11-12,14-15H,3-4H2,1-2H3. The van der Waals surface area contributed by atoms with Crippen molar-refractivity contribution in [3.8, 4) is 11.5 Å². The smallest absolute Gasteiger partial charge is 0.350 e. The molecule has 0 spiro atoms. The molecule has 0 fully saturated rings. The zero-order valence-electron chi connectivity index (χ0n) is 10.5. The molecule has 0 heterocycles. The summed E-state index contributed by atoms with van der Waals surface area (Å²) in [6.07, 6.45) is -1.61. The summed E-state index contributed by atoms with van der Waals surface area (Å²) in [4.78, 5) is 11.7. The fourth-order valence-electron chi connectivity index (χ4n) is 1.39. The van der Waals surface area contributed by atoms with Gasteiger partial charge in [0.25, 0.3) is 0 Å². The van der Waals surface area contributed by atoms with Crippen molar-refractivity contribution in [2.24, 2.45) is 0 Å². The van der Waals surface area contributed by atoms with Crippen molar-refractivity contribution in [2.75, 3.05) is 6.61 Å². The van der Waals surface area contributed by atoms with Gasteiger partial charge in [-0.15, -0.1) is 0 Å². The Hall–Kier alpha value is -1.75. The number of aliphatic hydroxyl groups excluding tert-OH is 1. The lowest BCUT2D eigenvalue weighted by molar-refractivity contribution is -0.157. The lowest BCUT2D eigenvalue weighted by Gasteiger charge is -2.21. The highest BCUT2D eigenvalue weighted by atomic mass is 16.6. The third-order valence-electron chi connectivity index (χ3n) is 2.39. The third-order valence-corrected chi connectivity index (χ3v) is 2.39. The Balaban J connectivity index is 2.77. The van der Waals surface area contributed by atoms with Crippen LogP contribution >= 0.6 is 0 Å². The normalized spacial score (nSPS) is 13.7. The molecule has 2 atom stereocenters. The molecule has 0 radical (unpaired) electrons. The number of aliphatic hydroxyl groups is 1. The number of phenolic OH excluding ortho intramolecular Hbond substituents is 1. The first-order valence-corrected chi connectivity index (χ1v) is 5.88. The highest BCUT2D eigenvalue weighted by molar-refractivity contribution is 5.75. The van der Waals surface area contributed by atoms with E-state index in [0.717, 1.165) is 0 Å². The van der Waals surface area contributed by atoms with Gasteiger partial charge in [0.2, 0.25) is 6.10 Å². The molecular formula is C13H18O5. The Bertz CT molecular complexity index is 373. The molecule has 1 aromatic rings. The Morgan fingerprint density at radius 3 is 2.39 bits per heavy atom. The molecule has 0 saturated carbocycles. The van der Waals surface area contributed by atoms with Crippen LogP contribution in [0.1, 0.15) is 20.3 Å². The second-order valence-corrected chi connectivity index (χ2v) is 3.76. The second-order valence-electron chi connectivity index (χ2n) is 3.76. The summed E-state index contributed by atoms with van der Waals surface area (Å²) < 4.78 is 10.3. The van der Waals surface area contributed by atoms with E-state index in [1.165, 1.54) is 24.3 Å². The summed E-state index contributed by atoms with van der Waals surface area (Å²) in [5.41, 5.74) is 0. The number of hydrogen-bond acceptors (Lipinski definition) is 5. The van der Waals surface area contributed by atoms with Crippen LogP contribution in [0.5, 0.6) is 11.5 Å². The van der Waals surface area contributed by atoms with Gasteiger partial charge < -0.3 is 19.7 Å². The van der Waals surface area contributed by atoms with Crippen LogP contribution in [0.15, 0.2) is 24.3 Å². The highest BCUT2D eigenvalue weighted by Gasteiger charge is 2.29. The highest BCUT2D eigenvalue weighted by Crippen LogP contribution is 2.19. The molecule has 0 saturated heterocycles. The zero-order chi connectivity index (χ0) is 13.5. The predicted octanol–water partition coefficient (Wildman–Crippen LogP) is 1.47. The number of benzene rings is 1. The number of esters is 1. The topological polar surface area (TPSA) is 76.0 Å². The molecule has 0 aliphatic rings. The van der Waals surface area contributed by atoms with E-state index in [4.69, 9.17) is 14.6 Å². The van der Waals surface area contributed by atoms with E-state index in [2.05, 4.69) is 0 Å². The summed E-state index contributed by atoms with van der Waals surface area (Å²) in [6, 6.07) is 5.92. The molecule has 0 amide bonds.